The molecule has 0 bridgehead atoms. The molecule has 0 aliphatic heterocycles. The van der Waals surface area contributed by atoms with Crippen molar-refractivity contribution >= 4 is 23.6 Å². The molecule has 29 heavy (non-hydrogen) atoms. The van der Waals surface area contributed by atoms with E-state index in [1.165, 1.54) is 22.7 Å². The Morgan fingerprint density at radius 2 is 1.83 bits per heavy atom. The van der Waals surface area contributed by atoms with Crippen molar-refractivity contribution in [2.75, 3.05) is 12.3 Å². The van der Waals surface area contributed by atoms with Crippen LogP contribution in [0.15, 0.2) is 53.4 Å². The van der Waals surface area contributed by atoms with Crippen molar-refractivity contribution in [3.63, 3.8) is 0 Å². The SMILES string of the molecule is CCCCNC(=O)[C@H](C)N(Cc1ccccc1F)C(=O)CSc1ccc(C)cc1. The topological polar surface area (TPSA) is 49.4 Å². The normalized spacial score (nSPS) is 11.7. The Hall–Kier alpha value is -2.34. The number of benzene rings is 2. The van der Waals surface area contributed by atoms with E-state index in [4.69, 9.17) is 0 Å². The fraction of sp³-hybridized carbons (Fsp3) is 0.391. The minimum atomic E-state index is -0.683. The molecule has 6 heteroatoms. The summed E-state index contributed by atoms with van der Waals surface area (Å²) in [6, 6.07) is 13.6. The summed E-state index contributed by atoms with van der Waals surface area (Å²) in [5.41, 5.74) is 1.55. The molecule has 1 atom stereocenters. The zero-order chi connectivity index (χ0) is 21.2. The first-order chi connectivity index (χ1) is 13.9. The van der Waals surface area contributed by atoms with E-state index in [-0.39, 0.29) is 29.9 Å². The monoisotopic (exact) mass is 416 g/mol. The van der Waals surface area contributed by atoms with Crippen LogP contribution in [0.4, 0.5) is 4.39 Å². The fourth-order valence-corrected chi connectivity index (χ4v) is 3.58. The van der Waals surface area contributed by atoms with Crippen molar-refractivity contribution in [1.29, 1.82) is 0 Å². The third-order valence-electron chi connectivity index (χ3n) is 4.68. The second kappa shape index (κ2) is 11.6. The first-order valence-electron chi connectivity index (χ1n) is 9.92. The summed E-state index contributed by atoms with van der Waals surface area (Å²) >= 11 is 1.41. The number of thioether (sulfide) groups is 1. The second-order valence-electron chi connectivity index (χ2n) is 7.04. The average Bonchev–Trinajstić information content (AvgIpc) is 2.72. The molecule has 2 rings (SSSR count). The van der Waals surface area contributed by atoms with Gasteiger partial charge in [-0.15, -0.1) is 11.8 Å². The van der Waals surface area contributed by atoms with Crippen molar-refractivity contribution in [1.82, 2.24) is 10.2 Å². The summed E-state index contributed by atoms with van der Waals surface area (Å²) in [6.07, 6.45) is 1.85. The van der Waals surface area contributed by atoms with Gasteiger partial charge in [0.1, 0.15) is 11.9 Å². The number of carbonyl (C=O) groups excluding carboxylic acids is 2. The van der Waals surface area contributed by atoms with Crippen LogP contribution in [0.25, 0.3) is 0 Å². The average molecular weight is 417 g/mol. The van der Waals surface area contributed by atoms with Gasteiger partial charge in [-0.25, -0.2) is 4.39 Å². The maximum Gasteiger partial charge on any atom is 0.242 e. The van der Waals surface area contributed by atoms with Crippen LogP contribution in [0.3, 0.4) is 0 Å². The minimum absolute atomic E-state index is 0.0579. The van der Waals surface area contributed by atoms with Crippen LogP contribution in [0.5, 0.6) is 0 Å². The predicted molar refractivity (Wildman–Crippen MR) is 116 cm³/mol. The first kappa shape index (κ1) is 22.9. The van der Waals surface area contributed by atoms with Gasteiger partial charge in [-0.1, -0.05) is 49.2 Å². The largest absolute Gasteiger partial charge is 0.354 e. The molecule has 2 amide bonds. The third kappa shape index (κ3) is 7.20. The van der Waals surface area contributed by atoms with Gasteiger partial charge in [0.15, 0.2) is 0 Å². The van der Waals surface area contributed by atoms with Gasteiger partial charge in [-0.2, -0.15) is 0 Å². The smallest absolute Gasteiger partial charge is 0.242 e. The van der Waals surface area contributed by atoms with E-state index < -0.39 is 6.04 Å². The van der Waals surface area contributed by atoms with Crippen LogP contribution in [-0.4, -0.2) is 35.1 Å². The number of rotatable bonds is 10. The van der Waals surface area contributed by atoms with E-state index in [0.717, 1.165) is 23.3 Å². The zero-order valence-corrected chi connectivity index (χ0v) is 18.1. The fourth-order valence-electron chi connectivity index (χ4n) is 2.79. The molecule has 0 saturated carbocycles. The van der Waals surface area contributed by atoms with Gasteiger partial charge in [-0.3, -0.25) is 9.59 Å². The van der Waals surface area contributed by atoms with E-state index in [9.17, 15) is 14.0 Å². The molecule has 0 aliphatic rings. The number of carbonyl (C=O) groups is 2. The molecule has 0 fully saturated rings. The zero-order valence-electron chi connectivity index (χ0n) is 17.3. The molecule has 0 saturated heterocycles. The molecule has 0 heterocycles. The molecule has 2 aromatic carbocycles. The number of halogens is 1. The van der Waals surface area contributed by atoms with Crippen molar-refractivity contribution < 1.29 is 14.0 Å². The third-order valence-corrected chi connectivity index (χ3v) is 5.68. The van der Waals surface area contributed by atoms with Gasteiger partial charge in [0.2, 0.25) is 11.8 Å². The molecule has 0 spiro atoms. The van der Waals surface area contributed by atoms with Crippen LogP contribution in [0.2, 0.25) is 0 Å². The van der Waals surface area contributed by atoms with Crippen LogP contribution in [0, 0.1) is 12.7 Å². The number of nitrogens with zero attached hydrogens (tertiary/aromatic N) is 1. The summed E-state index contributed by atoms with van der Waals surface area (Å²) in [5, 5.41) is 2.87. The predicted octanol–water partition coefficient (Wildman–Crippen LogP) is 4.56. The molecule has 0 aromatic heterocycles. The highest BCUT2D eigenvalue weighted by Crippen LogP contribution is 2.21. The van der Waals surface area contributed by atoms with E-state index >= 15 is 0 Å². The van der Waals surface area contributed by atoms with Gasteiger partial charge in [0.05, 0.1) is 5.75 Å². The van der Waals surface area contributed by atoms with Crippen molar-refractivity contribution in [2.24, 2.45) is 0 Å². The Balaban J connectivity index is 2.11. The number of hydrogen-bond acceptors (Lipinski definition) is 3. The number of unbranched alkanes of at least 4 members (excludes halogenated alkanes) is 1. The Morgan fingerprint density at radius 3 is 2.48 bits per heavy atom. The number of aryl methyl sites for hydroxylation is 1. The van der Waals surface area contributed by atoms with Gasteiger partial charge in [0, 0.05) is 23.5 Å². The van der Waals surface area contributed by atoms with E-state index in [1.54, 1.807) is 25.1 Å². The van der Waals surface area contributed by atoms with Crippen LogP contribution >= 0.6 is 11.8 Å². The molecular formula is C23H29FN2O2S. The quantitative estimate of drug-likeness (QED) is 0.456. The van der Waals surface area contributed by atoms with Gasteiger partial charge < -0.3 is 10.2 Å². The van der Waals surface area contributed by atoms with Gasteiger partial charge in [0.25, 0.3) is 0 Å². The summed E-state index contributed by atoms with van der Waals surface area (Å²) in [7, 11) is 0. The van der Waals surface area contributed by atoms with E-state index in [1.807, 2.05) is 38.1 Å². The maximum atomic E-state index is 14.2. The number of nitrogens with one attached hydrogen (secondary N) is 1. The van der Waals surface area contributed by atoms with Gasteiger partial charge in [-0.05, 0) is 38.5 Å². The molecule has 0 radical (unpaired) electrons. The Labute approximate surface area is 176 Å². The summed E-state index contributed by atoms with van der Waals surface area (Å²) in [5.74, 6) is -0.611. The molecule has 156 valence electrons. The lowest BCUT2D eigenvalue weighted by Gasteiger charge is -2.29. The standard InChI is InChI=1S/C23H29FN2O2S/c1-4-5-14-25-23(28)18(3)26(15-19-8-6-7-9-21(19)24)22(27)16-29-20-12-10-17(2)11-13-20/h6-13,18H,4-5,14-16H2,1-3H3,(H,25,28)/t18-/m0/s1. The molecular weight excluding hydrogens is 387 g/mol. The first-order valence-corrected chi connectivity index (χ1v) is 10.9. The van der Waals surface area contributed by atoms with Gasteiger partial charge >= 0.3 is 0 Å². The van der Waals surface area contributed by atoms with Crippen molar-refractivity contribution in [3.8, 4) is 0 Å². The number of amides is 2. The maximum absolute atomic E-state index is 14.2. The molecule has 0 aliphatic carbocycles. The highest BCUT2D eigenvalue weighted by atomic mass is 32.2. The highest BCUT2D eigenvalue weighted by Gasteiger charge is 2.26. The molecule has 2 aromatic rings. The van der Waals surface area contributed by atoms with Crippen LogP contribution < -0.4 is 5.32 Å². The Kier molecular flexibility index (Phi) is 9.19. The van der Waals surface area contributed by atoms with Crippen molar-refractivity contribution in [3.05, 3.63) is 65.5 Å². The minimum Gasteiger partial charge on any atom is -0.354 e. The lowest BCUT2D eigenvalue weighted by molar-refractivity contribution is -0.138. The lowest BCUT2D eigenvalue weighted by Crippen LogP contribution is -2.48. The number of hydrogen-bond donors (Lipinski definition) is 1. The Bertz CT molecular complexity index is 811. The molecule has 4 nitrogen and oxygen atoms in total. The summed E-state index contributed by atoms with van der Waals surface area (Å²) in [6.45, 7) is 6.37. The summed E-state index contributed by atoms with van der Waals surface area (Å²) in [4.78, 5) is 28.0. The summed E-state index contributed by atoms with van der Waals surface area (Å²) < 4.78 is 14.2. The van der Waals surface area contributed by atoms with Crippen LogP contribution in [0.1, 0.15) is 37.8 Å². The molecule has 0 unspecified atom stereocenters. The Morgan fingerprint density at radius 1 is 1.14 bits per heavy atom. The lowest BCUT2D eigenvalue weighted by atomic mass is 10.1. The van der Waals surface area contributed by atoms with Crippen LogP contribution in [-0.2, 0) is 16.1 Å². The van der Waals surface area contributed by atoms with E-state index in [0.29, 0.717) is 12.1 Å². The second-order valence-corrected chi connectivity index (χ2v) is 8.08. The van der Waals surface area contributed by atoms with Crippen molar-refractivity contribution in [2.45, 2.75) is 51.1 Å². The van der Waals surface area contributed by atoms with E-state index in [2.05, 4.69) is 5.32 Å². The highest BCUT2D eigenvalue weighted by molar-refractivity contribution is 8.00. The molecule has 1 N–H and O–H groups in total.